The van der Waals surface area contributed by atoms with Crippen LogP contribution >= 0.6 is 0 Å². The van der Waals surface area contributed by atoms with E-state index < -0.39 is 0 Å². The Bertz CT molecular complexity index is 356. The first-order chi connectivity index (χ1) is 7.68. The summed E-state index contributed by atoms with van der Waals surface area (Å²) in [5.74, 6) is 1.74. The number of benzene rings is 1. The lowest BCUT2D eigenvalue weighted by Crippen LogP contribution is -2.31. The fraction of sp³-hybridized carbons (Fsp3) is 0.500. The molecule has 1 fully saturated rings. The standard InChI is InChI=1S/C14H20N2/c1-11(2)14(15)16-9-8-13(10-16)12-6-4-3-5-7-12/h3-7,11,13,15H,8-10H2,1-2H3. The molecule has 1 atom stereocenters. The molecule has 86 valence electrons. The van der Waals surface area contributed by atoms with Crippen LogP contribution in [0.3, 0.4) is 0 Å². The van der Waals surface area contributed by atoms with Gasteiger partial charge in [-0.05, 0) is 12.0 Å². The van der Waals surface area contributed by atoms with Crippen molar-refractivity contribution in [2.75, 3.05) is 13.1 Å². The summed E-state index contributed by atoms with van der Waals surface area (Å²) in [5, 5.41) is 8.02. The molecule has 0 saturated carbocycles. The van der Waals surface area contributed by atoms with Gasteiger partial charge in [-0.2, -0.15) is 0 Å². The second-order valence-electron chi connectivity index (χ2n) is 4.88. The van der Waals surface area contributed by atoms with Gasteiger partial charge in [-0.3, -0.25) is 5.41 Å². The fourth-order valence-electron chi connectivity index (χ4n) is 2.34. The number of likely N-dealkylation sites (tertiary alicyclic amines) is 1. The number of rotatable bonds is 2. The van der Waals surface area contributed by atoms with Crippen molar-refractivity contribution in [3.63, 3.8) is 0 Å². The van der Waals surface area contributed by atoms with Gasteiger partial charge in [0.2, 0.25) is 0 Å². The van der Waals surface area contributed by atoms with E-state index in [1.807, 2.05) is 0 Å². The summed E-state index contributed by atoms with van der Waals surface area (Å²) >= 11 is 0. The Hall–Kier alpha value is -1.31. The second kappa shape index (κ2) is 4.69. The van der Waals surface area contributed by atoms with Crippen molar-refractivity contribution in [2.45, 2.75) is 26.2 Å². The van der Waals surface area contributed by atoms with E-state index >= 15 is 0 Å². The van der Waals surface area contributed by atoms with Gasteiger partial charge in [0.1, 0.15) is 0 Å². The minimum absolute atomic E-state index is 0.342. The molecule has 0 bridgehead atoms. The maximum absolute atomic E-state index is 8.02. The number of nitrogens with one attached hydrogen (secondary N) is 1. The van der Waals surface area contributed by atoms with Gasteiger partial charge in [0.25, 0.3) is 0 Å². The molecule has 2 heteroatoms. The number of hydrogen-bond acceptors (Lipinski definition) is 1. The molecule has 0 spiro atoms. The predicted molar refractivity (Wildman–Crippen MR) is 67.9 cm³/mol. The number of hydrogen-bond donors (Lipinski definition) is 1. The molecule has 1 aliphatic rings. The topological polar surface area (TPSA) is 27.1 Å². The predicted octanol–water partition coefficient (Wildman–Crippen LogP) is 3.11. The van der Waals surface area contributed by atoms with Crippen molar-refractivity contribution >= 4 is 5.84 Å². The molecule has 1 saturated heterocycles. The van der Waals surface area contributed by atoms with Crippen molar-refractivity contribution < 1.29 is 0 Å². The lowest BCUT2D eigenvalue weighted by Gasteiger charge is -2.22. The van der Waals surface area contributed by atoms with Gasteiger partial charge in [0, 0.05) is 24.9 Å². The van der Waals surface area contributed by atoms with Gasteiger partial charge in [0.15, 0.2) is 0 Å². The van der Waals surface area contributed by atoms with Crippen LogP contribution in [0.1, 0.15) is 31.7 Å². The Kier molecular flexibility index (Phi) is 3.28. The summed E-state index contributed by atoms with van der Waals surface area (Å²) in [6.45, 7) is 6.24. The maximum Gasteiger partial charge on any atom is 0.0984 e. The molecule has 1 aromatic rings. The SMILES string of the molecule is CC(C)C(=N)N1CCC(c2ccccc2)C1. The second-order valence-corrected chi connectivity index (χ2v) is 4.88. The first-order valence-electron chi connectivity index (χ1n) is 6.07. The molecule has 16 heavy (non-hydrogen) atoms. The smallest absolute Gasteiger partial charge is 0.0984 e. The van der Waals surface area contributed by atoms with Crippen LogP contribution in [-0.4, -0.2) is 23.8 Å². The van der Waals surface area contributed by atoms with E-state index in [0.29, 0.717) is 11.8 Å². The van der Waals surface area contributed by atoms with E-state index in [-0.39, 0.29) is 0 Å². The first-order valence-corrected chi connectivity index (χ1v) is 6.07. The van der Waals surface area contributed by atoms with Crippen LogP contribution in [0.25, 0.3) is 0 Å². The molecule has 1 unspecified atom stereocenters. The Morgan fingerprint density at radius 2 is 2.00 bits per heavy atom. The first kappa shape index (κ1) is 11.2. The molecule has 2 nitrogen and oxygen atoms in total. The Morgan fingerprint density at radius 1 is 1.31 bits per heavy atom. The average molecular weight is 216 g/mol. The van der Waals surface area contributed by atoms with Crippen molar-refractivity contribution in [2.24, 2.45) is 5.92 Å². The summed E-state index contributed by atoms with van der Waals surface area (Å²) in [5.41, 5.74) is 1.42. The van der Waals surface area contributed by atoms with Gasteiger partial charge < -0.3 is 4.90 Å². The monoisotopic (exact) mass is 216 g/mol. The van der Waals surface area contributed by atoms with Crippen molar-refractivity contribution in [3.05, 3.63) is 35.9 Å². The molecule has 2 rings (SSSR count). The van der Waals surface area contributed by atoms with Gasteiger partial charge in [-0.25, -0.2) is 0 Å². The lowest BCUT2D eigenvalue weighted by molar-refractivity contribution is 0.477. The normalized spacial score (nSPS) is 20.4. The Morgan fingerprint density at radius 3 is 2.62 bits per heavy atom. The third-order valence-electron chi connectivity index (χ3n) is 3.35. The van der Waals surface area contributed by atoms with E-state index in [9.17, 15) is 0 Å². The number of amidine groups is 1. The van der Waals surface area contributed by atoms with Crippen LogP contribution < -0.4 is 0 Å². The molecule has 0 aliphatic carbocycles. The molecule has 1 N–H and O–H groups in total. The third-order valence-corrected chi connectivity index (χ3v) is 3.35. The highest BCUT2D eigenvalue weighted by molar-refractivity contribution is 5.81. The highest BCUT2D eigenvalue weighted by Crippen LogP contribution is 2.27. The Labute approximate surface area is 97.8 Å². The van der Waals surface area contributed by atoms with Crippen LogP contribution in [0.5, 0.6) is 0 Å². The minimum atomic E-state index is 0.342. The summed E-state index contributed by atoms with van der Waals surface area (Å²) in [4.78, 5) is 2.22. The van der Waals surface area contributed by atoms with E-state index in [4.69, 9.17) is 5.41 Å². The van der Waals surface area contributed by atoms with Gasteiger partial charge in [0.05, 0.1) is 5.84 Å². The maximum atomic E-state index is 8.02. The summed E-state index contributed by atoms with van der Waals surface area (Å²) < 4.78 is 0. The molecule has 1 aliphatic heterocycles. The van der Waals surface area contributed by atoms with Crippen LogP contribution in [0.4, 0.5) is 0 Å². The van der Waals surface area contributed by atoms with Gasteiger partial charge >= 0.3 is 0 Å². The van der Waals surface area contributed by atoms with Crippen LogP contribution in [0, 0.1) is 11.3 Å². The zero-order chi connectivity index (χ0) is 11.5. The van der Waals surface area contributed by atoms with E-state index in [2.05, 4.69) is 49.1 Å². The van der Waals surface area contributed by atoms with E-state index in [0.717, 1.165) is 18.9 Å². The fourth-order valence-corrected chi connectivity index (χ4v) is 2.34. The third kappa shape index (κ3) is 2.26. The average Bonchev–Trinajstić information content (AvgIpc) is 2.78. The van der Waals surface area contributed by atoms with Gasteiger partial charge in [-0.1, -0.05) is 44.2 Å². The minimum Gasteiger partial charge on any atom is -0.360 e. The number of nitrogens with zero attached hydrogens (tertiary/aromatic N) is 1. The highest BCUT2D eigenvalue weighted by Gasteiger charge is 2.26. The molecular weight excluding hydrogens is 196 g/mol. The molecule has 1 heterocycles. The lowest BCUT2D eigenvalue weighted by atomic mass is 9.99. The zero-order valence-corrected chi connectivity index (χ0v) is 10.1. The van der Waals surface area contributed by atoms with Crippen LogP contribution in [0.2, 0.25) is 0 Å². The van der Waals surface area contributed by atoms with E-state index in [1.165, 1.54) is 12.0 Å². The Balaban J connectivity index is 2.01. The van der Waals surface area contributed by atoms with Crippen molar-refractivity contribution in [1.82, 2.24) is 4.90 Å². The summed E-state index contributed by atoms with van der Waals surface area (Å²) in [6, 6.07) is 10.7. The largest absolute Gasteiger partial charge is 0.360 e. The van der Waals surface area contributed by atoms with Crippen molar-refractivity contribution in [3.8, 4) is 0 Å². The molecule has 0 aromatic heterocycles. The highest BCUT2D eigenvalue weighted by atomic mass is 15.2. The van der Waals surface area contributed by atoms with Crippen molar-refractivity contribution in [1.29, 1.82) is 5.41 Å². The molecule has 0 amide bonds. The van der Waals surface area contributed by atoms with Crippen LogP contribution in [-0.2, 0) is 0 Å². The van der Waals surface area contributed by atoms with Crippen LogP contribution in [0.15, 0.2) is 30.3 Å². The molecular formula is C14H20N2. The molecule has 1 aromatic carbocycles. The zero-order valence-electron chi connectivity index (χ0n) is 10.1. The summed E-state index contributed by atoms with van der Waals surface area (Å²) in [6.07, 6.45) is 1.18. The summed E-state index contributed by atoms with van der Waals surface area (Å²) in [7, 11) is 0. The molecule has 0 radical (unpaired) electrons. The van der Waals surface area contributed by atoms with Gasteiger partial charge in [-0.15, -0.1) is 0 Å². The van der Waals surface area contributed by atoms with E-state index in [1.54, 1.807) is 0 Å². The quantitative estimate of drug-likeness (QED) is 0.597.